The summed E-state index contributed by atoms with van der Waals surface area (Å²) in [7, 11) is 0. The molecule has 0 saturated carbocycles. The number of benzene rings is 1. The Morgan fingerprint density at radius 1 is 1.32 bits per heavy atom. The molecule has 0 aliphatic rings. The van der Waals surface area contributed by atoms with Crippen molar-refractivity contribution in [1.29, 1.82) is 0 Å². The fourth-order valence-electron chi connectivity index (χ4n) is 1.50. The van der Waals surface area contributed by atoms with Gasteiger partial charge in [0.15, 0.2) is 0 Å². The first-order chi connectivity index (χ1) is 9.02. The molecule has 104 valence electrons. The van der Waals surface area contributed by atoms with E-state index < -0.39 is 12.0 Å². The van der Waals surface area contributed by atoms with Gasteiger partial charge in [-0.3, -0.25) is 9.59 Å². The number of amides is 1. The second kappa shape index (κ2) is 7.76. The number of halogens is 1. The number of carboxylic acid groups (broad SMARTS) is 1. The standard InChI is InChI=1S/C13H17ClN2O3/c1-2-7-15-11(13(18)19)8-12(17)16-10-5-3-9(14)4-6-10/h3-6,11,15H,2,7-8H2,1H3,(H,16,17)(H,18,19). The van der Waals surface area contributed by atoms with E-state index in [-0.39, 0.29) is 12.3 Å². The molecule has 0 radical (unpaired) electrons. The minimum absolute atomic E-state index is 0.113. The highest BCUT2D eigenvalue weighted by Crippen LogP contribution is 2.13. The van der Waals surface area contributed by atoms with Crippen molar-refractivity contribution in [1.82, 2.24) is 5.32 Å². The summed E-state index contributed by atoms with van der Waals surface area (Å²) in [4.78, 5) is 22.7. The summed E-state index contributed by atoms with van der Waals surface area (Å²) in [6, 6.07) is 5.76. The molecule has 0 fully saturated rings. The van der Waals surface area contributed by atoms with E-state index in [9.17, 15) is 9.59 Å². The largest absolute Gasteiger partial charge is 0.480 e. The number of carboxylic acids is 1. The Morgan fingerprint density at radius 2 is 1.95 bits per heavy atom. The molecule has 1 aromatic carbocycles. The molecule has 0 spiro atoms. The van der Waals surface area contributed by atoms with Crippen molar-refractivity contribution in [2.75, 3.05) is 11.9 Å². The van der Waals surface area contributed by atoms with Gasteiger partial charge in [-0.1, -0.05) is 18.5 Å². The van der Waals surface area contributed by atoms with Crippen LogP contribution in [0.1, 0.15) is 19.8 Å². The first-order valence-electron chi connectivity index (χ1n) is 6.04. The predicted molar refractivity (Wildman–Crippen MR) is 74.4 cm³/mol. The van der Waals surface area contributed by atoms with Crippen LogP contribution in [-0.4, -0.2) is 29.6 Å². The number of carbonyl (C=O) groups excluding carboxylic acids is 1. The second-order valence-corrected chi connectivity index (χ2v) is 4.54. The molecule has 0 bridgehead atoms. The van der Waals surface area contributed by atoms with Crippen LogP contribution in [-0.2, 0) is 9.59 Å². The lowest BCUT2D eigenvalue weighted by molar-refractivity contribution is -0.141. The van der Waals surface area contributed by atoms with Crippen LogP contribution in [0.25, 0.3) is 0 Å². The number of hydrogen-bond donors (Lipinski definition) is 3. The molecule has 1 aromatic rings. The third-order valence-electron chi connectivity index (χ3n) is 2.46. The van der Waals surface area contributed by atoms with E-state index in [0.29, 0.717) is 17.3 Å². The van der Waals surface area contributed by atoms with Crippen molar-refractivity contribution in [2.45, 2.75) is 25.8 Å². The van der Waals surface area contributed by atoms with E-state index in [1.165, 1.54) is 0 Å². The Hall–Kier alpha value is -1.59. The lowest BCUT2D eigenvalue weighted by Gasteiger charge is -2.13. The highest BCUT2D eigenvalue weighted by Gasteiger charge is 2.20. The van der Waals surface area contributed by atoms with E-state index in [1.54, 1.807) is 24.3 Å². The SMILES string of the molecule is CCCNC(CC(=O)Nc1ccc(Cl)cc1)C(=O)O. The number of aliphatic carboxylic acids is 1. The molecule has 0 saturated heterocycles. The summed E-state index contributed by atoms with van der Waals surface area (Å²) in [5.41, 5.74) is 0.592. The summed E-state index contributed by atoms with van der Waals surface area (Å²) >= 11 is 5.73. The van der Waals surface area contributed by atoms with Crippen molar-refractivity contribution < 1.29 is 14.7 Å². The van der Waals surface area contributed by atoms with E-state index in [2.05, 4.69) is 10.6 Å². The second-order valence-electron chi connectivity index (χ2n) is 4.10. The first kappa shape index (κ1) is 15.5. The maximum absolute atomic E-state index is 11.7. The molecular formula is C13H17ClN2O3. The summed E-state index contributed by atoms with van der Waals surface area (Å²) in [6.07, 6.45) is 0.695. The molecule has 1 rings (SSSR count). The van der Waals surface area contributed by atoms with Gasteiger partial charge in [-0.2, -0.15) is 0 Å². The fraction of sp³-hybridized carbons (Fsp3) is 0.385. The molecule has 5 nitrogen and oxygen atoms in total. The van der Waals surface area contributed by atoms with E-state index >= 15 is 0 Å². The molecular weight excluding hydrogens is 268 g/mol. The zero-order chi connectivity index (χ0) is 14.3. The van der Waals surface area contributed by atoms with E-state index in [4.69, 9.17) is 16.7 Å². The molecule has 1 unspecified atom stereocenters. The zero-order valence-electron chi connectivity index (χ0n) is 10.6. The third kappa shape index (κ3) is 5.72. The molecule has 19 heavy (non-hydrogen) atoms. The van der Waals surface area contributed by atoms with Crippen LogP contribution in [0.3, 0.4) is 0 Å². The average Bonchev–Trinajstić information content (AvgIpc) is 2.37. The van der Waals surface area contributed by atoms with E-state index in [1.807, 2.05) is 6.92 Å². The summed E-state index contributed by atoms with van der Waals surface area (Å²) < 4.78 is 0. The number of anilines is 1. The zero-order valence-corrected chi connectivity index (χ0v) is 11.4. The van der Waals surface area contributed by atoms with Gasteiger partial charge >= 0.3 is 5.97 Å². The lowest BCUT2D eigenvalue weighted by Crippen LogP contribution is -2.40. The molecule has 6 heteroatoms. The molecule has 0 aliphatic heterocycles. The van der Waals surface area contributed by atoms with Crippen LogP contribution in [0.4, 0.5) is 5.69 Å². The lowest BCUT2D eigenvalue weighted by atomic mass is 10.2. The quantitative estimate of drug-likeness (QED) is 0.717. The minimum Gasteiger partial charge on any atom is -0.480 e. The van der Waals surface area contributed by atoms with Crippen LogP contribution < -0.4 is 10.6 Å². The molecule has 1 atom stereocenters. The smallest absolute Gasteiger partial charge is 0.321 e. The number of carbonyl (C=O) groups is 2. The van der Waals surface area contributed by atoms with Crippen LogP contribution in [0.15, 0.2) is 24.3 Å². The van der Waals surface area contributed by atoms with Gasteiger partial charge in [0.2, 0.25) is 5.91 Å². The Morgan fingerprint density at radius 3 is 2.47 bits per heavy atom. The summed E-state index contributed by atoms with van der Waals surface area (Å²) in [6.45, 7) is 2.49. The van der Waals surface area contributed by atoms with Crippen molar-refractivity contribution in [3.63, 3.8) is 0 Å². The number of rotatable bonds is 7. The van der Waals surface area contributed by atoms with Gasteiger partial charge in [-0.05, 0) is 37.2 Å². The normalized spacial score (nSPS) is 11.9. The Labute approximate surface area is 117 Å². The molecule has 0 aromatic heterocycles. The van der Waals surface area contributed by atoms with Crippen molar-refractivity contribution in [2.24, 2.45) is 0 Å². The maximum atomic E-state index is 11.7. The maximum Gasteiger partial charge on any atom is 0.321 e. The first-order valence-corrected chi connectivity index (χ1v) is 6.42. The Balaban J connectivity index is 2.52. The molecule has 1 amide bonds. The number of hydrogen-bond acceptors (Lipinski definition) is 3. The van der Waals surface area contributed by atoms with Gasteiger partial charge < -0.3 is 15.7 Å². The van der Waals surface area contributed by atoms with Gasteiger partial charge in [0.05, 0.1) is 6.42 Å². The van der Waals surface area contributed by atoms with Gasteiger partial charge in [0.1, 0.15) is 6.04 Å². The Bertz CT molecular complexity index is 434. The topological polar surface area (TPSA) is 78.4 Å². The third-order valence-corrected chi connectivity index (χ3v) is 2.71. The van der Waals surface area contributed by atoms with Crippen LogP contribution in [0.2, 0.25) is 5.02 Å². The van der Waals surface area contributed by atoms with Crippen LogP contribution in [0.5, 0.6) is 0 Å². The summed E-state index contributed by atoms with van der Waals surface area (Å²) in [5.74, 6) is -1.38. The fourth-order valence-corrected chi connectivity index (χ4v) is 1.62. The van der Waals surface area contributed by atoms with Gasteiger partial charge in [0.25, 0.3) is 0 Å². The average molecular weight is 285 g/mol. The van der Waals surface area contributed by atoms with Crippen LogP contribution >= 0.6 is 11.6 Å². The highest BCUT2D eigenvalue weighted by molar-refractivity contribution is 6.30. The van der Waals surface area contributed by atoms with Gasteiger partial charge in [0, 0.05) is 10.7 Å². The predicted octanol–water partition coefficient (Wildman–Crippen LogP) is 2.12. The highest BCUT2D eigenvalue weighted by atomic mass is 35.5. The van der Waals surface area contributed by atoms with Crippen molar-refractivity contribution in [3.8, 4) is 0 Å². The van der Waals surface area contributed by atoms with Gasteiger partial charge in [-0.15, -0.1) is 0 Å². The Kier molecular flexibility index (Phi) is 6.32. The molecule has 0 aliphatic carbocycles. The minimum atomic E-state index is -1.03. The monoisotopic (exact) mass is 284 g/mol. The molecule has 0 heterocycles. The summed E-state index contributed by atoms with van der Waals surface area (Å²) in [5, 5.41) is 15.0. The number of nitrogens with one attached hydrogen (secondary N) is 2. The molecule has 3 N–H and O–H groups in total. The van der Waals surface area contributed by atoms with Crippen molar-refractivity contribution in [3.05, 3.63) is 29.3 Å². The van der Waals surface area contributed by atoms with Crippen LogP contribution in [0, 0.1) is 0 Å². The van der Waals surface area contributed by atoms with Gasteiger partial charge in [-0.25, -0.2) is 0 Å². The van der Waals surface area contributed by atoms with E-state index in [0.717, 1.165) is 6.42 Å². The van der Waals surface area contributed by atoms with Crippen molar-refractivity contribution >= 4 is 29.2 Å².